The van der Waals surface area contributed by atoms with Gasteiger partial charge in [0.25, 0.3) is 5.91 Å². The third-order valence-corrected chi connectivity index (χ3v) is 6.38. The van der Waals surface area contributed by atoms with E-state index in [0.29, 0.717) is 17.1 Å². The van der Waals surface area contributed by atoms with Crippen LogP contribution in [0.4, 0.5) is 5.69 Å². The maximum atomic E-state index is 12.6. The smallest absolute Gasteiger partial charge is 0.263 e. The zero-order valence-corrected chi connectivity index (χ0v) is 15.7. The summed E-state index contributed by atoms with van der Waals surface area (Å²) in [6.07, 6.45) is 4.49. The second-order valence-electron chi connectivity index (χ2n) is 6.98. The van der Waals surface area contributed by atoms with E-state index in [1.54, 1.807) is 0 Å². The normalized spacial score (nSPS) is 16.4. The summed E-state index contributed by atoms with van der Waals surface area (Å²) in [6.45, 7) is 2.74. The Bertz CT molecular complexity index is 949. The number of aryl methyl sites for hydroxylation is 1. The number of nitrogens with two attached hydrogens (primary N) is 1. The summed E-state index contributed by atoms with van der Waals surface area (Å²) < 4.78 is 0. The Hall–Kier alpha value is -2.40. The minimum atomic E-state index is -0.126. The Morgan fingerprint density at radius 2 is 2.15 bits per heavy atom. The van der Waals surface area contributed by atoms with Crippen LogP contribution in [0.1, 0.15) is 46.3 Å². The molecule has 1 atom stereocenters. The van der Waals surface area contributed by atoms with Crippen LogP contribution < -0.4 is 11.1 Å². The number of rotatable bonds is 4. The molecule has 0 saturated carbocycles. The summed E-state index contributed by atoms with van der Waals surface area (Å²) in [5.41, 5.74) is 10.4. The van der Waals surface area contributed by atoms with Gasteiger partial charge >= 0.3 is 0 Å². The second kappa shape index (κ2) is 7.08. The highest BCUT2D eigenvalue weighted by atomic mass is 32.1. The first-order valence-electron chi connectivity index (χ1n) is 9.18. The van der Waals surface area contributed by atoms with Crippen molar-refractivity contribution in [1.29, 1.82) is 0 Å². The zero-order chi connectivity index (χ0) is 18.1. The van der Waals surface area contributed by atoms with E-state index in [9.17, 15) is 4.79 Å². The van der Waals surface area contributed by atoms with E-state index in [4.69, 9.17) is 10.7 Å². The van der Waals surface area contributed by atoms with E-state index in [0.717, 1.165) is 34.5 Å². The van der Waals surface area contributed by atoms with Gasteiger partial charge in [-0.05, 0) is 42.4 Å². The van der Waals surface area contributed by atoms with Crippen LogP contribution in [0, 0.1) is 5.92 Å². The molecule has 1 aliphatic carbocycles. The van der Waals surface area contributed by atoms with Gasteiger partial charge in [-0.3, -0.25) is 4.79 Å². The van der Waals surface area contributed by atoms with E-state index in [1.165, 1.54) is 35.4 Å². The standard InChI is InChI=1S/C21H23N3OS/c1-2-13-8-9-17-15(10-13)11-16-18(22)19(26-21(16)24-17)20(25)23-12-14-6-4-3-5-7-14/h3-7,11,13H,2,8-10,12,22H2,1H3,(H,23,25)/t13-/m1/s1. The number of benzene rings is 1. The van der Waals surface area contributed by atoms with Gasteiger partial charge in [0, 0.05) is 17.6 Å². The minimum absolute atomic E-state index is 0.126. The van der Waals surface area contributed by atoms with Crippen molar-refractivity contribution >= 4 is 33.1 Å². The number of carbonyl (C=O) groups excluding carboxylic acids is 1. The van der Waals surface area contributed by atoms with Gasteiger partial charge in [-0.1, -0.05) is 43.7 Å². The van der Waals surface area contributed by atoms with Crippen molar-refractivity contribution in [3.05, 3.63) is 58.1 Å². The third kappa shape index (κ3) is 3.19. The number of carbonyl (C=O) groups is 1. The number of thiophene rings is 1. The summed E-state index contributed by atoms with van der Waals surface area (Å²) in [5.74, 6) is 0.606. The number of hydrogen-bond acceptors (Lipinski definition) is 4. The average Bonchev–Trinajstić information content (AvgIpc) is 3.00. The average molecular weight is 366 g/mol. The Balaban J connectivity index is 1.60. The Kier molecular flexibility index (Phi) is 4.64. The number of nitrogens with zero attached hydrogens (tertiary/aromatic N) is 1. The number of pyridine rings is 1. The first-order chi connectivity index (χ1) is 12.7. The first kappa shape index (κ1) is 17.0. The molecule has 0 radical (unpaired) electrons. The van der Waals surface area contributed by atoms with Gasteiger partial charge < -0.3 is 11.1 Å². The van der Waals surface area contributed by atoms with Crippen LogP contribution in [0.15, 0.2) is 36.4 Å². The van der Waals surface area contributed by atoms with Gasteiger partial charge in [-0.2, -0.15) is 0 Å². The van der Waals surface area contributed by atoms with Crippen molar-refractivity contribution in [2.75, 3.05) is 5.73 Å². The molecule has 134 valence electrons. The molecule has 1 amide bonds. The van der Waals surface area contributed by atoms with Crippen LogP contribution in [0.2, 0.25) is 0 Å². The number of nitrogen functional groups attached to an aromatic ring is 1. The number of nitrogens with one attached hydrogen (secondary N) is 1. The van der Waals surface area contributed by atoms with Crippen molar-refractivity contribution in [1.82, 2.24) is 10.3 Å². The molecular formula is C21H23N3OS. The molecule has 0 unspecified atom stereocenters. The monoisotopic (exact) mass is 365 g/mol. The fraction of sp³-hybridized carbons (Fsp3) is 0.333. The molecule has 5 heteroatoms. The molecule has 0 saturated heterocycles. The van der Waals surface area contributed by atoms with Crippen molar-refractivity contribution in [3.8, 4) is 0 Å². The lowest BCUT2D eigenvalue weighted by atomic mass is 9.85. The van der Waals surface area contributed by atoms with Crippen LogP contribution in [0.25, 0.3) is 10.2 Å². The number of amides is 1. The summed E-state index contributed by atoms with van der Waals surface area (Å²) >= 11 is 1.40. The zero-order valence-electron chi connectivity index (χ0n) is 14.9. The number of anilines is 1. The van der Waals surface area contributed by atoms with Crippen molar-refractivity contribution in [2.45, 2.75) is 39.2 Å². The molecule has 0 spiro atoms. The highest BCUT2D eigenvalue weighted by Crippen LogP contribution is 2.36. The number of fused-ring (bicyclic) bond motifs is 2. The lowest BCUT2D eigenvalue weighted by Gasteiger charge is -2.22. The van der Waals surface area contributed by atoms with E-state index >= 15 is 0 Å². The van der Waals surface area contributed by atoms with Gasteiger partial charge in [0.2, 0.25) is 0 Å². The molecule has 0 aliphatic heterocycles. The summed E-state index contributed by atoms with van der Waals surface area (Å²) in [4.78, 5) is 18.9. The Labute approximate surface area is 157 Å². The minimum Gasteiger partial charge on any atom is -0.397 e. The van der Waals surface area contributed by atoms with Crippen molar-refractivity contribution in [2.24, 2.45) is 5.92 Å². The second-order valence-corrected chi connectivity index (χ2v) is 7.98. The number of aromatic nitrogens is 1. The molecule has 2 aromatic heterocycles. The van der Waals surface area contributed by atoms with Gasteiger partial charge in [0.15, 0.2) is 0 Å². The maximum absolute atomic E-state index is 12.6. The van der Waals surface area contributed by atoms with E-state index in [1.807, 2.05) is 30.3 Å². The van der Waals surface area contributed by atoms with Crippen LogP contribution in [0.5, 0.6) is 0 Å². The van der Waals surface area contributed by atoms with Crippen molar-refractivity contribution in [3.63, 3.8) is 0 Å². The molecule has 0 bridgehead atoms. The molecule has 4 rings (SSSR count). The summed E-state index contributed by atoms with van der Waals surface area (Å²) in [6, 6.07) is 12.0. The molecular weight excluding hydrogens is 342 g/mol. The summed E-state index contributed by atoms with van der Waals surface area (Å²) in [5, 5.41) is 3.89. The molecule has 2 heterocycles. The van der Waals surface area contributed by atoms with Crippen molar-refractivity contribution < 1.29 is 4.79 Å². The predicted octanol–water partition coefficient (Wildman–Crippen LogP) is 4.32. The molecule has 26 heavy (non-hydrogen) atoms. The van der Waals surface area contributed by atoms with Crippen LogP contribution >= 0.6 is 11.3 Å². The maximum Gasteiger partial charge on any atom is 0.263 e. The molecule has 3 N–H and O–H groups in total. The number of hydrogen-bond donors (Lipinski definition) is 2. The van der Waals surface area contributed by atoms with Gasteiger partial charge in [0.1, 0.15) is 9.71 Å². The lowest BCUT2D eigenvalue weighted by molar-refractivity contribution is 0.0956. The van der Waals surface area contributed by atoms with E-state index < -0.39 is 0 Å². The summed E-state index contributed by atoms with van der Waals surface area (Å²) in [7, 11) is 0. The largest absolute Gasteiger partial charge is 0.397 e. The highest BCUT2D eigenvalue weighted by Gasteiger charge is 2.23. The lowest BCUT2D eigenvalue weighted by Crippen LogP contribution is -2.22. The highest BCUT2D eigenvalue weighted by molar-refractivity contribution is 7.21. The Morgan fingerprint density at radius 3 is 2.92 bits per heavy atom. The van der Waals surface area contributed by atoms with Crippen LogP contribution in [0.3, 0.4) is 0 Å². The van der Waals surface area contributed by atoms with E-state index in [2.05, 4.69) is 18.3 Å². The van der Waals surface area contributed by atoms with Gasteiger partial charge in [0.05, 0.1) is 5.69 Å². The van der Waals surface area contributed by atoms with E-state index in [-0.39, 0.29) is 5.91 Å². The SMILES string of the molecule is CC[C@@H]1CCc2nc3sc(C(=O)NCc4ccccc4)c(N)c3cc2C1. The van der Waals surface area contributed by atoms with Gasteiger partial charge in [-0.15, -0.1) is 11.3 Å². The fourth-order valence-corrected chi connectivity index (χ4v) is 4.65. The molecule has 3 aromatic rings. The quantitative estimate of drug-likeness (QED) is 0.723. The Morgan fingerprint density at radius 1 is 1.35 bits per heavy atom. The topological polar surface area (TPSA) is 68.0 Å². The van der Waals surface area contributed by atoms with Crippen LogP contribution in [-0.4, -0.2) is 10.9 Å². The van der Waals surface area contributed by atoms with Gasteiger partial charge in [-0.25, -0.2) is 4.98 Å². The van der Waals surface area contributed by atoms with Crippen LogP contribution in [-0.2, 0) is 19.4 Å². The predicted molar refractivity (Wildman–Crippen MR) is 107 cm³/mol. The molecule has 4 nitrogen and oxygen atoms in total. The third-order valence-electron chi connectivity index (χ3n) is 5.27. The molecule has 1 aliphatic rings. The first-order valence-corrected chi connectivity index (χ1v) is 10.00. The molecule has 0 fully saturated rings. The fourth-order valence-electron chi connectivity index (χ4n) is 3.64. The molecule has 1 aromatic carbocycles.